The number of hydrazone groups is 1. The highest BCUT2D eigenvalue weighted by molar-refractivity contribution is 6.01. The van der Waals surface area contributed by atoms with Crippen LogP contribution < -0.4 is 5.43 Å². The summed E-state index contributed by atoms with van der Waals surface area (Å²) in [4.78, 5) is 11.9. The van der Waals surface area contributed by atoms with Gasteiger partial charge in [-0.3, -0.25) is 4.79 Å². The summed E-state index contributed by atoms with van der Waals surface area (Å²) in [6.45, 7) is 1.91. The third kappa shape index (κ3) is 3.93. The van der Waals surface area contributed by atoms with Gasteiger partial charge in [0.15, 0.2) is 6.10 Å². The number of nitrogens with one attached hydrogen (secondary N) is 1. The van der Waals surface area contributed by atoms with Crippen molar-refractivity contribution < 1.29 is 15.0 Å². The van der Waals surface area contributed by atoms with Gasteiger partial charge in [0.05, 0.1) is 5.71 Å². The third-order valence-electron chi connectivity index (χ3n) is 3.20. The number of carbonyl (C=O) groups excluding carboxylic acids is 1. The van der Waals surface area contributed by atoms with E-state index in [-0.39, 0.29) is 5.75 Å². The summed E-state index contributed by atoms with van der Waals surface area (Å²) in [6, 6.07) is 15.2. The minimum Gasteiger partial charge on any atom is -0.508 e. The number of nitrogens with zero attached hydrogens (tertiary/aromatic N) is 1. The minimum atomic E-state index is -1.26. The van der Waals surface area contributed by atoms with Crippen LogP contribution in [0.25, 0.3) is 0 Å². The van der Waals surface area contributed by atoms with Gasteiger partial charge in [-0.2, -0.15) is 5.10 Å². The molecule has 0 radical (unpaired) electrons. The Morgan fingerprint density at radius 1 is 1.14 bits per heavy atom. The first-order valence-electron chi connectivity index (χ1n) is 7.00. The van der Waals surface area contributed by atoms with Crippen LogP contribution in [0.5, 0.6) is 5.75 Å². The molecule has 0 heterocycles. The van der Waals surface area contributed by atoms with Gasteiger partial charge in [-0.15, -0.1) is 0 Å². The van der Waals surface area contributed by atoms with E-state index in [0.29, 0.717) is 17.7 Å². The molecule has 0 saturated heterocycles. The molecule has 0 aromatic heterocycles. The number of hydrogen-bond donors (Lipinski definition) is 3. The maximum atomic E-state index is 11.9. The number of carbonyl (C=O) groups is 1. The fourth-order valence-corrected chi connectivity index (χ4v) is 1.97. The second-order valence-corrected chi connectivity index (χ2v) is 4.75. The zero-order valence-corrected chi connectivity index (χ0v) is 12.2. The predicted molar refractivity (Wildman–Crippen MR) is 84.5 cm³/mol. The van der Waals surface area contributed by atoms with Gasteiger partial charge in [-0.25, -0.2) is 5.43 Å². The summed E-state index contributed by atoms with van der Waals surface area (Å²) in [5.74, 6) is -0.418. The zero-order valence-electron chi connectivity index (χ0n) is 12.2. The number of phenolic OH excluding ortho intramolecular Hbond substituents is 1. The van der Waals surface area contributed by atoms with E-state index in [1.165, 1.54) is 0 Å². The summed E-state index contributed by atoms with van der Waals surface area (Å²) < 4.78 is 0. The van der Waals surface area contributed by atoms with Crippen LogP contribution >= 0.6 is 0 Å². The first-order chi connectivity index (χ1) is 10.6. The van der Waals surface area contributed by atoms with Crippen LogP contribution in [0.15, 0.2) is 59.7 Å². The van der Waals surface area contributed by atoms with E-state index >= 15 is 0 Å². The Balaban J connectivity index is 2.08. The highest BCUT2D eigenvalue weighted by Crippen LogP contribution is 2.13. The minimum absolute atomic E-state index is 0.169. The Kier molecular flexibility index (Phi) is 5.27. The van der Waals surface area contributed by atoms with E-state index in [4.69, 9.17) is 0 Å². The van der Waals surface area contributed by atoms with Crippen LogP contribution in [0.2, 0.25) is 0 Å². The lowest BCUT2D eigenvalue weighted by atomic mass is 10.1. The van der Waals surface area contributed by atoms with Crippen LogP contribution in [-0.4, -0.2) is 21.8 Å². The van der Waals surface area contributed by atoms with E-state index in [1.54, 1.807) is 48.5 Å². The van der Waals surface area contributed by atoms with Crippen LogP contribution in [0, 0.1) is 0 Å². The van der Waals surface area contributed by atoms with Gasteiger partial charge in [0.1, 0.15) is 5.75 Å². The first-order valence-corrected chi connectivity index (χ1v) is 7.00. The van der Waals surface area contributed by atoms with E-state index in [2.05, 4.69) is 10.5 Å². The Morgan fingerprint density at radius 3 is 2.36 bits per heavy atom. The summed E-state index contributed by atoms with van der Waals surface area (Å²) in [7, 11) is 0. The van der Waals surface area contributed by atoms with Crippen molar-refractivity contribution >= 4 is 11.6 Å². The summed E-state index contributed by atoms with van der Waals surface area (Å²) in [6.07, 6.45) is -0.658. The van der Waals surface area contributed by atoms with Gasteiger partial charge in [-0.1, -0.05) is 37.3 Å². The highest BCUT2D eigenvalue weighted by Gasteiger charge is 2.16. The standard InChI is InChI=1S/C17H18N2O3/c1-2-15(12-8-10-14(20)11-9-12)18-19-17(22)16(21)13-6-4-3-5-7-13/h3-11,16,20-21H,2H2,1H3,(H,19,22)/b18-15+. The zero-order chi connectivity index (χ0) is 15.9. The van der Waals surface area contributed by atoms with Crippen LogP contribution in [0.4, 0.5) is 0 Å². The van der Waals surface area contributed by atoms with Gasteiger partial charge in [-0.05, 0) is 41.8 Å². The quantitative estimate of drug-likeness (QED) is 0.585. The van der Waals surface area contributed by atoms with Crippen molar-refractivity contribution in [3.63, 3.8) is 0 Å². The molecule has 2 aromatic rings. The van der Waals surface area contributed by atoms with Gasteiger partial charge in [0.2, 0.25) is 0 Å². The second kappa shape index (κ2) is 7.38. The van der Waals surface area contributed by atoms with Crippen LogP contribution in [0.3, 0.4) is 0 Å². The molecule has 0 spiro atoms. The number of amides is 1. The highest BCUT2D eigenvalue weighted by atomic mass is 16.3. The first kappa shape index (κ1) is 15.7. The lowest BCUT2D eigenvalue weighted by Gasteiger charge is -2.10. The van der Waals surface area contributed by atoms with Gasteiger partial charge >= 0.3 is 0 Å². The Hall–Kier alpha value is -2.66. The maximum absolute atomic E-state index is 11.9. The number of aliphatic hydroxyl groups excluding tert-OH is 1. The number of phenols is 1. The normalized spacial score (nSPS) is 12.7. The lowest BCUT2D eigenvalue weighted by molar-refractivity contribution is -0.129. The number of aromatic hydroxyl groups is 1. The molecule has 0 aliphatic carbocycles. The molecule has 0 fully saturated rings. The van der Waals surface area contributed by atoms with Crippen molar-refractivity contribution in [2.45, 2.75) is 19.4 Å². The molecule has 2 rings (SSSR count). The molecule has 1 atom stereocenters. The fourth-order valence-electron chi connectivity index (χ4n) is 1.97. The van der Waals surface area contributed by atoms with E-state index in [9.17, 15) is 15.0 Å². The molecule has 5 nitrogen and oxygen atoms in total. The van der Waals surface area contributed by atoms with E-state index < -0.39 is 12.0 Å². The number of aliphatic hydroxyl groups is 1. The molecule has 1 unspecified atom stereocenters. The molecule has 3 N–H and O–H groups in total. The Labute approximate surface area is 128 Å². The molecule has 2 aromatic carbocycles. The third-order valence-corrected chi connectivity index (χ3v) is 3.20. The number of hydrogen-bond acceptors (Lipinski definition) is 4. The van der Waals surface area contributed by atoms with Crippen molar-refractivity contribution in [2.24, 2.45) is 5.10 Å². The largest absolute Gasteiger partial charge is 0.508 e. The Bertz CT molecular complexity index is 651. The summed E-state index contributed by atoms with van der Waals surface area (Å²) in [5.41, 5.74) is 4.35. The van der Waals surface area contributed by atoms with Crippen molar-refractivity contribution in [2.75, 3.05) is 0 Å². The smallest absolute Gasteiger partial charge is 0.273 e. The number of benzene rings is 2. The van der Waals surface area contributed by atoms with Crippen LogP contribution in [-0.2, 0) is 4.79 Å². The Morgan fingerprint density at radius 2 is 1.77 bits per heavy atom. The molecule has 0 aliphatic heterocycles. The number of rotatable bonds is 5. The van der Waals surface area contributed by atoms with Gasteiger partial charge in [0, 0.05) is 0 Å². The fraction of sp³-hybridized carbons (Fsp3) is 0.176. The lowest BCUT2D eigenvalue weighted by Crippen LogP contribution is -2.26. The average molecular weight is 298 g/mol. The van der Waals surface area contributed by atoms with E-state index in [1.807, 2.05) is 13.0 Å². The maximum Gasteiger partial charge on any atom is 0.273 e. The van der Waals surface area contributed by atoms with Gasteiger partial charge in [0.25, 0.3) is 5.91 Å². The average Bonchev–Trinajstić information content (AvgIpc) is 2.56. The van der Waals surface area contributed by atoms with E-state index in [0.717, 1.165) is 5.56 Å². The predicted octanol–water partition coefficient (Wildman–Crippen LogP) is 2.36. The van der Waals surface area contributed by atoms with Crippen molar-refractivity contribution in [1.29, 1.82) is 0 Å². The SMILES string of the molecule is CC/C(=N\NC(=O)C(O)c1ccccc1)c1ccc(O)cc1. The molecule has 0 aliphatic rings. The molecule has 1 amide bonds. The monoisotopic (exact) mass is 298 g/mol. The van der Waals surface area contributed by atoms with Gasteiger partial charge < -0.3 is 10.2 Å². The summed E-state index contributed by atoms with van der Waals surface area (Å²) in [5, 5.41) is 23.3. The molecule has 114 valence electrons. The topological polar surface area (TPSA) is 81.9 Å². The summed E-state index contributed by atoms with van der Waals surface area (Å²) >= 11 is 0. The second-order valence-electron chi connectivity index (χ2n) is 4.75. The molecular weight excluding hydrogens is 280 g/mol. The van der Waals surface area contributed by atoms with Crippen LogP contribution in [0.1, 0.15) is 30.6 Å². The molecule has 0 bridgehead atoms. The molecule has 0 saturated carbocycles. The molecular formula is C17H18N2O3. The van der Waals surface area contributed by atoms with Crippen molar-refractivity contribution in [3.05, 3.63) is 65.7 Å². The molecule has 5 heteroatoms. The van der Waals surface area contributed by atoms with Crippen molar-refractivity contribution in [3.8, 4) is 5.75 Å². The van der Waals surface area contributed by atoms with Crippen molar-refractivity contribution in [1.82, 2.24) is 5.43 Å². The molecule has 22 heavy (non-hydrogen) atoms.